The van der Waals surface area contributed by atoms with E-state index in [-0.39, 0.29) is 18.0 Å². The van der Waals surface area contributed by atoms with Crippen molar-refractivity contribution < 1.29 is 13.3 Å². The zero-order valence-corrected chi connectivity index (χ0v) is 14.5. The quantitative estimate of drug-likeness (QED) is 0.588. The zero-order valence-electron chi connectivity index (χ0n) is 12.7. The minimum Gasteiger partial charge on any atom is -0.372 e. The van der Waals surface area contributed by atoms with Crippen molar-refractivity contribution >= 4 is 37.8 Å². The van der Waals surface area contributed by atoms with Crippen LogP contribution in [0.25, 0.3) is 0 Å². The molecule has 3 N–H and O–H groups in total. The van der Waals surface area contributed by atoms with E-state index in [4.69, 9.17) is 19.0 Å². The van der Waals surface area contributed by atoms with Gasteiger partial charge in [0.05, 0.1) is 31.4 Å². The fourth-order valence-electron chi connectivity index (χ4n) is 2.90. The highest BCUT2D eigenvalue weighted by atomic mass is 32.2. The van der Waals surface area contributed by atoms with Crippen LogP contribution >= 0.6 is 11.8 Å². The van der Waals surface area contributed by atoms with Crippen molar-refractivity contribution in [1.82, 2.24) is 10.3 Å². The number of nitrogens with zero attached hydrogens (tertiary/aromatic N) is 4. The first-order valence-corrected chi connectivity index (χ1v) is 10.6. The first-order valence-electron chi connectivity index (χ1n) is 7.72. The number of hydrogen-bond donors (Lipinski definition) is 2. The molecule has 9 nitrogen and oxygen atoms in total. The van der Waals surface area contributed by atoms with Crippen LogP contribution in [0, 0.1) is 0 Å². The molecule has 2 bridgehead atoms. The van der Waals surface area contributed by atoms with Crippen LogP contribution in [-0.2, 0) is 13.3 Å². The molecular formula is C12H20N6O3SSi. The molecule has 3 saturated heterocycles. The molecule has 0 spiro atoms. The van der Waals surface area contributed by atoms with Crippen molar-refractivity contribution in [2.75, 3.05) is 44.8 Å². The molecule has 0 saturated carbocycles. The summed E-state index contributed by atoms with van der Waals surface area (Å²) in [5.74, 6) is 0.289. The lowest BCUT2D eigenvalue weighted by molar-refractivity contribution is -0.00440. The number of aliphatic imine (C=N–C) groups is 2. The molecule has 126 valence electrons. The molecule has 11 heteroatoms. The molecule has 5 heterocycles. The summed E-state index contributed by atoms with van der Waals surface area (Å²) in [5.41, 5.74) is 8.84. The second-order valence-electron chi connectivity index (χ2n) is 5.67. The Morgan fingerprint density at radius 3 is 2.65 bits per heavy atom. The molecule has 0 aromatic rings. The van der Waals surface area contributed by atoms with E-state index in [9.17, 15) is 0 Å². The van der Waals surface area contributed by atoms with Gasteiger partial charge in [0, 0.05) is 19.6 Å². The highest BCUT2D eigenvalue weighted by Gasteiger charge is 2.45. The number of guanidine groups is 1. The average molecular weight is 356 g/mol. The van der Waals surface area contributed by atoms with Crippen molar-refractivity contribution in [1.29, 1.82) is 0 Å². The van der Waals surface area contributed by atoms with Gasteiger partial charge in [0.25, 0.3) is 0 Å². The Kier molecular flexibility index (Phi) is 4.39. The van der Waals surface area contributed by atoms with E-state index in [1.54, 1.807) is 18.0 Å². The van der Waals surface area contributed by atoms with E-state index in [0.717, 1.165) is 24.7 Å². The van der Waals surface area contributed by atoms with Gasteiger partial charge < -0.3 is 19.0 Å². The molecule has 2 atom stereocenters. The molecular weight excluding hydrogens is 336 g/mol. The third-order valence-corrected chi connectivity index (χ3v) is 8.70. The van der Waals surface area contributed by atoms with Gasteiger partial charge in [-0.15, -0.1) is 11.8 Å². The highest BCUT2D eigenvalue weighted by Crippen LogP contribution is 2.25. The number of hydrogen-bond acceptors (Lipinski definition) is 10. The summed E-state index contributed by atoms with van der Waals surface area (Å²) in [7, 11) is -2.67. The Morgan fingerprint density at radius 1 is 1.26 bits per heavy atom. The molecule has 0 aromatic heterocycles. The third kappa shape index (κ3) is 3.30. The Bertz CT molecular complexity index is 532. The van der Waals surface area contributed by atoms with Gasteiger partial charge in [-0.1, -0.05) is 0 Å². The first kappa shape index (κ1) is 15.5. The van der Waals surface area contributed by atoms with Crippen LogP contribution in [0.2, 0.25) is 0 Å². The van der Waals surface area contributed by atoms with Crippen molar-refractivity contribution in [3.05, 3.63) is 0 Å². The lowest BCUT2D eigenvalue weighted by Gasteiger charge is -2.38. The maximum absolute atomic E-state index is 6.03. The predicted octanol–water partition coefficient (Wildman–Crippen LogP) is -1.37. The Hall–Kier alpha value is -0.983. The van der Waals surface area contributed by atoms with Crippen LogP contribution in [-0.4, -0.2) is 87.8 Å². The molecule has 5 aliphatic heterocycles. The molecule has 0 radical (unpaired) electrons. The second-order valence-corrected chi connectivity index (χ2v) is 9.77. The minimum atomic E-state index is -2.67. The van der Waals surface area contributed by atoms with Crippen molar-refractivity contribution in [2.24, 2.45) is 20.8 Å². The SMILES string of the molecule is NC1=NC2C=NNC2C(SC[Si]23OCCN(CCO2)CCO3)=N1. The average Bonchev–Trinajstić information content (AvgIpc) is 2.92. The van der Waals surface area contributed by atoms with Gasteiger partial charge in [-0.05, 0) is 0 Å². The number of rotatable bonds is 2. The number of nitrogens with two attached hydrogens (primary N) is 1. The van der Waals surface area contributed by atoms with Crippen LogP contribution in [0.1, 0.15) is 0 Å². The summed E-state index contributed by atoms with van der Waals surface area (Å²) >= 11 is 1.58. The highest BCUT2D eigenvalue weighted by molar-refractivity contribution is 8.15. The van der Waals surface area contributed by atoms with Gasteiger partial charge in [0.1, 0.15) is 17.1 Å². The smallest absolute Gasteiger partial charge is 0.372 e. The monoisotopic (exact) mass is 356 g/mol. The second kappa shape index (κ2) is 6.49. The number of thioether (sulfide) groups is 1. The van der Waals surface area contributed by atoms with Gasteiger partial charge in [0.2, 0.25) is 5.96 Å². The third-order valence-electron chi connectivity index (χ3n) is 4.14. The van der Waals surface area contributed by atoms with Crippen LogP contribution in [0.4, 0.5) is 0 Å². The summed E-state index contributed by atoms with van der Waals surface area (Å²) in [6.07, 6.45) is 1.76. The lowest BCUT2D eigenvalue weighted by atomic mass is 10.1. The Labute approximate surface area is 139 Å². The summed E-state index contributed by atoms with van der Waals surface area (Å²) in [5, 5.41) is 5.57. The maximum Gasteiger partial charge on any atom is 0.511 e. The zero-order chi connectivity index (χ0) is 15.7. The van der Waals surface area contributed by atoms with Crippen LogP contribution < -0.4 is 11.2 Å². The largest absolute Gasteiger partial charge is 0.511 e. The van der Waals surface area contributed by atoms with E-state index in [2.05, 4.69) is 25.4 Å². The van der Waals surface area contributed by atoms with E-state index in [0.29, 0.717) is 25.2 Å². The van der Waals surface area contributed by atoms with Gasteiger partial charge in [0.15, 0.2) is 0 Å². The fraction of sp³-hybridized carbons (Fsp3) is 0.750. The summed E-state index contributed by atoms with van der Waals surface area (Å²) < 4.78 is 18.1. The van der Waals surface area contributed by atoms with Gasteiger partial charge in [-0.3, -0.25) is 10.3 Å². The van der Waals surface area contributed by atoms with E-state index < -0.39 is 8.80 Å². The van der Waals surface area contributed by atoms with Crippen LogP contribution in [0.5, 0.6) is 0 Å². The van der Waals surface area contributed by atoms with E-state index in [1.165, 1.54) is 0 Å². The Morgan fingerprint density at radius 2 is 1.96 bits per heavy atom. The maximum atomic E-state index is 6.03. The predicted molar refractivity (Wildman–Crippen MR) is 90.8 cm³/mol. The topological polar surface area (TPSA) is 106 Å². The fourth-order valence-corrected chi connectivity index (χ4v) is 7.18. The standard InChI is InChI=1S/C12H20N6O3SSi/c13-12-15-9-7-14-17-10(9)11(16-12)22-8-23-19-4-1-18(2-5-20-23)3-6-21-23/h7,9-10,17H,1-6,8H2,(H2,13,15). The molecule has 5 rings (SSSR count). The molecule has 3 fully saturated rings. The van der Waals surface area contributed by atoms with E-state index in [1.807, 2.05) is 0 Å². The number of fused-ring (bicyclic) bond motifs is 7. The summed E-state index contributed by atoms with van der Waals surface area (Å²) in [4.78, 5) is 10.9. The van der Waals surface area contributed by atoms with Gasteiger partial charge in [-0.25, -0.2) is 9.98 Å². The molecule has 2 unspecified atom stereocenters. The molecule has 23 heavy (non-hydrogen) atoms. The number of nitrogens with one attached hydrogen (secondary N) is 1. The first-order chi connectivity index (χ1) is 11.2. The molecule has 0 amide bonds. The van der Waals surface area contributed by atoms with Gasteiger partial charge in [-0.2, -0.15) is 5.10 Å². The van der Waals surface area contributed by atoms with E-state index >= 15 is 0 Å². The minimum absolute atomic E-state index is 0.0460. The van der Waals surface area contributed by atoms with Crippen molar-refractivity contribution in [2.45, 2.75) is 12.1 Å². The van der Waals surface area contributed by atoms with Crippen LogP contribution in [0.15, 0.2) is 15.1 Å². The van der Waals surface area contributed by atoms with Crippen molar-refractivity contribution in [3.63, 3.8) is 0 Å². The molecule has 0 aliphatic carbocycles. The van der Waals surface area contributed by atoms with Gasteiger partial charge >= 0.3 is 8.80 Å². The molecule has 5 aliphatic rings. The molecule has 0 aromatic carbocycles. The summed E-state index contributed by atoms with van der Waals surface area (Å²) in [6.45, 7) is 4.76. The van der Waals surface area contributed by atoms with Crippen LogP contribution in [0.3, 0.4) is 0 Å². The van der Waals surface area contributed by atoms with Crippen molar-refractivity contribution in [3.8, 4) is 0 Å². The Balaban J connectivity index is 1.45. The normalized spacial score (nSPS) is 39.6. The summed E-state index contributed by atoms with van der Waals surface area (Å²) in [6, 6.07) is -0.129. The number of hydrazone groups is 1. The lowest BCUT2D eigenvalue weighted by Crippen LogP contribution is -2.57.